The maximum absolute atomic E-state index is 15.5. The van der Waals surface area contributed by atoms with Gasteiger partial charge in [0.15, 0.2) is 11.4 Å². The quantitative estimate of drug-likeness (QED) is 0.0653. The highest BCUT2D eigenvalue weighted by atomic mass is 32.1. The number of rotatable bonds is 13. The van der Waals surface area contributed by atoms with Crippen LogP contribution in [0.15, 0.2) is 85.2 Å². The van der Waals surface area contributed by atoms with Gasteiger partial charge in [0.2, 0.25) is 11.8 Å². The number of halogens is 8. The summed E-state index contributed by atoms with van der Waals surface area (Å²) in [4.78, 5) is 31.8. The van der Waals surface area contributed by atoms with Crippen molar-refractivity contribution in [1.29, 1.82) is 10.5 Å². The summed E-state index contributed by atoms with van der Waals surface area (Å²) in [5.74, 6) is -3.47. The number of aromatic nitrogens is 4. The largest absolute Gasteiger partial charge is 0.435 e. The number of aryl methyl sites for hydroxylation is 2. The number of carbonyl (C=O) groups excluding carboxylic acids is 2. The molecule has 2 amide bonds. The van der Waals surface area contributed by atoms with Crippen molar-refractivity contribution in [3.63, 3.8) is 0 Å². The number of methoxy groups -OCH3 is 1. The molecule has 0 radical (unpaired) electrons. The number of hydrogen-bond donors (Lipinski definition) is 2. The number of fused-ring (bicyclic) bond motifs is 2. The van der Waals surface area contributed by atoms with Gasteiger partial charge < -0.3 is 25.2 Å². The van der Waals surface area contributed by atoms with Gasteiger partial charge in [0.25, 0.3) is 0 Å². The van der Waals surface area contributed by atoms with Crippen molar-refractivity contribution in [3.05, 3.63) is 150 Å². The molecule has 9 rings (SSSR count). The average Bonchev–Trinajstić information content (AvgIpc) is 4.38. The van der Waals surface area contributed by atoms with Crippen LogP contribution in [0, 0.1) is 34.3 Å². The summed E-state index contributed by atoms with van der Waals surface area (Å²) in [6.45, 7) is 8.26. The van der Waals surface area contributed by atoms with Crippen LogP contribution < -0.4 is 10.6 Å². The summed E-state index contributed by atoms with van der Waals surface area (Å²) < 4.78 is 122. The van der Waals surface area contributed by atoms with Crippen LogP contribution in [0.4, 0.5) is 35.1 Å². The number of alkyl halides is 6. The number of likely N-dealkylation sites (N-methyl/N-ethyl adjacent to an activating group) is 1. The fourth-order valence-electron chi connectivity index (χ4n) is 9.85. The third-order valence-electron chi connectivity index (χ3n) is 13.5. The Morgan fingerprint density at radius 1 is 0.766 bits per heavy atom. The van der Waals surface area contributed by atoms with Gasteiger partial charge in [-0.25, -0.2) is 8.78 Å². The van der Waals surface area contributed by atoms with Gasteiger partial charge >= 0.3 is 12.4 Å². The average molecular weight is 1110 g/mol. The Morgan fingerprint density at radius 3 is 1.66 bits per heavy atom. The fourth-order valence-corrected chi connectivity index (χ4v) is 11.9. The predicted molar refractivity (Wildman–Crippen MR) is 273 cm³/mol. The van der Waals surface area contributed by atoms with E-state index in [0.29, 0.717) is 45.1 Å². The first-order valence-electron chi connectivity index (χ1n) is 24.6. The van der Waals surface area contributed by atoms with Crippen LogP contribution in [-0.4, -0.2) is 93.2 Å². The zero-order chi connectivity index (χ0) is 55.3. The second kappa shape index (κ2) is 23.7. The normalized spacial score (nSPS) is 18.5. The lowest BCUT2D eigenvalue weighted by atomic mass is 9.83. The number of nitriles is 2. The fraction of sp³-hybridized carbons (Fsp3) is 0.370. The smallest absolute Gasteiger partial charge is 0.380 e. The summed E-state index contributed by atoms with van der Waals surface area (Å²) >= 11 is 2.45. The van der Waals surface area contributed by atoms with Gasteiger partial charge in [-0.05, 0) is 73.3 Å². The minimum absolute atomic E-state index is 0.0253. The molecule has 3 aliphatic rings. The van der Waals surface area contributed by atoms with Gasteiger partial charge in [0.05, 0.1) is 19.2 Å². The maximum Gasteiger partial charge on any atom is 0.435 e. The van der Waals surface area contributed by atoms with E-state index in [2.05, 4.69) is 33.0 Å². The molecular formula is C54H52F8N10O3S2. The molecule has 1 saturated heterocycles. The Labute approximate surface area is 446 Å². The highest BCUT2D eigenvalue weighted by molar-refractivity contribution is 7.13. The van der Waals surface area contributed by atoms with Crippen molar-refractivity contribution in [2.24, 2.45) is 0 Å². The van der Waals surface area contributed by atoms with Gasteiger partial charge in [0.1, 0.15) is 33.5 Å². The molecule has 2 N–H and O–H groups in total. The summed E-state index contributed by atoms with van der Waals surface area (Å²) in [5, 5.41) is 32.7. The van der Waals surface area contributed by atoms with Crippen LogP contribution in [0.25, 0.3) is 22.3 Å². The second-order valence-electron chi connectivity index (χ2n) is 18.3. The van der Waals surface area contributed by atoms with Crippen LogP contribution in [0.1, 0.15) is 92.2 Å². The zero-order valence-electron chi connectivity index (χ0n) is 42.1. The van der Waals surface area contributed by atoms with E-state index in [1.54, 1.807) is 67.2 Å². The molecule has 0 aliphatic carbocycles. The van der Waals surface area contributed by atoms with Crippen LogP contribution in [0.5, 0.6) is 0 Å². The molecule has 4 atom stereocenters. The number of nitrogens with one attached hydrogen (secondary N) is 2. The molecule has 23 heteroatoms. The number of amides is 2. The lowest BCUT2D eigenvalue weighted by molar-refractivity contribution is -0.141. The number of benzene rings is 2. The second-order valence-corrected chi connectivity index (χ2v) is 20.6. The van der Waals surface area contributed by atoms with Crippen LogP contribution in [0.2, 0.25) is 0 Å². The zero-order valence-corrected chi connectivity index (χ0v) is 43.7. The minimum atomic E-state index is -4.80. The lowest BCUT2D eigenvalue weighted by Crippen LogP contribution is -2.37. The molecule has 6 aromatic rings. The van der Waals surface area contributed by atoms with Gasteiger partial charge in [-0.3, -0.25) is 19.0 Å². The Morgan fingerprint density at radius 2 is 1.25 bits per heavy atom. The van der Waals surface area contributed by atoms with E-state index in [9.17, 15) is 46.5 Å². The van der Waals surface area contributed by atoms with E-state index in [-0.39, 0.29) is 85.5 Å². The highest BCUT2D eigenvalue weighted by Crippen LogP contribution is 2.47. The minimum Gasteiger partial charge on any atom is -0.380 e. The molecule has 7 heterocycles. The van der Waals surface area contributed by atoms with E-state index in [0.717, 1.165) is 44.2 Å². The molecule has 0 bridgehead atoms. The molecule has 0 spiro atoms. The number of nitrogens with zero attached hydrogens (tertiary/aromatic N) is 8. The highest BCUT2D eigenvalue weighted by Gasteiger charge is 2.42. The first kappa shape index (κ1) is 56.2. The summed E-state index contributed by atoms with van der Waals surface area (Å²) in [6.07, 6.45) is 0.0206. The third kappa shape index (κ3) is 12.2. The molecular weight excluding hydrogens is 1050 g/mol. The van der Waals surface area contributed by atoms with Crippen molar-refractivity contribution in [2.75, 3.05) is 39.8 Å². The number of thiophene rings is 2. The molecule has 77 heavy (non-hydrogen) atoms. The Bertz CT molecular complexity index is 3290. The Hall–Kier alpha value is -7.02. The van der Waals surface area contributed by atoms with Gasteiger partial charge in [-0.1, -0.05) is 43.3 Å². The maximum atomic E-state index is 15.5. The van der Waals surface area contributed by atoms with Gasteiger partial charge in [0, 0.05) is 121 Å². The van der Waals surface area contributed by atoms with Crippen LogP contribution in [-0.2, 0) is 52.9 Å². The van der Waals surface area contributed by atoms with Crippen molar-refractivity contribution in [2.45, 2.75) is 89.7 Å². The van der Waals surface area contributed by atoms with Crippen LogP contribution in [0.3, 0.4) is 0 Å². The molecule has 0 unspecified atom stereocenters. The molecule has 0 saturated carbocycles. The number of ether oxygens (including phenoxy) is 1. The standard InChI is InChI=1S/C28H27F4N5O2S.C26H25F4N5OS/c1-3-37-14-22(27(35-37)28(30,31)32)26-19(5-4-6-23(26)29)21-13-36(15-24-20(21)10-18(11-33)40-24)25(38)8-7-16-9-17(39-2)12-34-16;1-3-32-10-6-9-23(36)34-13-19(18-11-16(12-31)37-22(18)15-34)17-7-5-8-21(27)24(17)20-14-35(4-2)33-25(20)26(28,29)30/h4-8,10,14,16-17,21,34H,3,9,12-13,15H2,1-2H3;5-9,11,14,19,32H,3-4,10,13,15H2,1-2H3/b8-7+;9-6+/t16-,17+,21+;19-/m10/s1. The van der Waals surface area contributed by atoms with E-state index in [4.69, 9.17) is 4.74 Å². The van der Waals surface area contributed by atoms with Crippen molar-refractivity contribution >= 4 is 34.5 Å². The number of carbonyl (C=O) groups is 2. The lowest BCUT2D eigenvalue weighted by Gasteiger charge is -2.33. The molecule has 3 aliphatic heterocycles. The first-order chi connectivity index (χ1) is 36.8. The third-order valence-corrected chi connectivity index (χ3v) is 15.6. The molecule has 1 fully saturated rings. The SMILES string of the molecule is CCNC/C=C/C(=O)N1Cc2sc(C#N)cc2[C@H](c2cccc(F)c2-c2cn(CC)nc2C(F)(F)F)C1.CCn1cc(-c2c(F)cccc2[C@@H]2CN(C(=O)/C=C/[C@@H]3C[C@H](OC)CN3)Cc3sc(C#N)cc32)c(C(F)(F)F)n1. The van der Waals surface area contributed by atoms with Crippen LogP contribution >= 0.6 is 22.7 Å². The summed E-state index contributed by atoms with van der Waals surface area (Å²) in [6, 6.07) is 15.8. The summed E-state index contributed by atoms with van der Waals surface area (Å²) in [5.41, 5.74) is -1.44. The van der Waals surface area contributed by atoms with E-state index in [1.807, 2.05) is 6.92 Å². The van der Waals surface area contributed by atoms with Crippen molar-refractivity contribution in [1.82, 2.24) is 40.0 Å². The van der Waals surface area contributed by atoms with E-state index in [1.165, 1.54) is 59.4 Å². The molecule has 4 aromatic heterocycles. The predicted octanol–water partition coefficient (Wildman–Crippen LogP) is 10.4. The number of hydrogen-bond acceptors (Lipinski definition) is 11. The molecule has 2 aromatic carbocycles. The van der Waals surface area contributed by atoms with E-state index < -0.39 is 47.2 Å². The summed E-state index contributed by atoms with van der Waals surface area (Å²) in [7, 11) is 1.64. The molecule has 13 nitrogen and oxygen atoms in total. The monoisotopic (exact) mass is 1100 g/mol. The van der Waals surface area contributed by atoms with Crippen molar-refractivity contribution in [3.8, 4) is 34.4 Å². The van der Waals surface area contributed by atoms with Gasteiger partial charge in [-0.2, -0.15) is 47.1 Å². The molecule has 404 valence electrons. The first-order valence-corrected chi connectivity index (χ1v) is 26.2. The van der Waals surface area contributed by atoms with Crippen molar-refractivity contribution < 1.29 is 49.4 Å². The van der Waals surface area contributed by atoms with Gasteiger partial charge in [-0.15, -0.1) is 22.7 Å². The Kier molecular flexibility index (Phi) is 17.3. The van der Waals surface area contributed by atoms with E-state index >= 15 is 8.78 Å². The topological polar surface area (TPSA) is 157 Å². The Balaban J connectivity index is 0.000000204.